The fraction of sp³-hybridized carbons (Fsp3) is 0.421. The molecule has 0 radical (unpaired) electrons. The Morgan fingerprint density at radius 2 is 1.63 bits per heavy atom. The third-order valence-electron chi connectivity index (χ3n) is 4.46. The van der Waals surface area contributed by atoms with Crippen molar-refractivity contribution in [2.45, 2.75) is 37.4 Å². The van der Waals surface area contributed by atoms with E-state index in [9.17, 15) is 21.6 Å². The van der Waals surface area contributed by atoms with Crippen LogP contribution in [0.1, 0.15) is 35.5 Å². The fourth-order valence-corrected chi connectivity index (χ4v) is 5.20. The van der Waals surface area contributed by atoms with Crippen molar-refractivity contribution in [1.29, 1.82) is 0 Å². The topological polar surface area (TPSA) is 114 Å². The summed E-state index contributed by atoms with van der Waals surface area (Å²) in [6, 6.07) is 6.98. The van der Waals surface area contributed by atoms with Gasteiger partial charge in [0.05, 0.1) is 10.5 Å². The lowest BCUT2D eigenvalue weighted by Crippen LogP contribution is -2.31. The van der Waals surface area contributed by atoms with Gasteiger partial charge >= 0.3 is 5.97 Å². The van der Waals surface area contributed by atoms with E-state index in [-0.39, 0.29) is 27.9 Å². The molecule has 1 aromatic carbocycles. The van der Waals surface area contributed by atoms with Crippen molar-refractivity contribution in [1.82, 2.24) is 8.61 Å². The Kier molecular flexibility index (Phi) is 7.45. The van der Waals surface area contributed by atoms with Gasteiger partial charge in [0.1, 0.15) is 12.4 Å². The van der Waals surface area contributed by atoms with Crippen LogP contribution < -0.4 is 0 Å². The van der Waals surface area contributed by atoms with Gasteiger partial charge in [-0.2, -0.15) is 4.31 Å². The van der Waals surface area contributed by atoms with E-state index in [1.165, 1.54) is 42.7 Å². The van der Waals surface area contributed by atoms with E-state index < -0.39 is 26.0 Å². The zero-order valence-electron chi connectivity index (χ0n) is 17.6. The molecular formula is C19H26N2O7S2. The maximum absolute atomic E-state index is 12.8. The summed E-state index contributed by atoms with van der Waals surface area (Å²) in [5.74, 6) is -0.605. The zero-order chi connectivity index (χ0) is 22.7. The average Bonchev–Trinajstić information content (AvgIpc) is 3.16. The molecule has 2 rings (SSSR count). The highest BCUT2D eigenvalue weighted by Gasteiger charge is 2.25. The Hall–Kier alpha value is -2.21. The molecule has 0 atom stereocenters. The number of nitrogens with zero attached hydrogens (tertiary/aromatic N) is 2. The number of ether oxygens (including phenoxy) is 1. The normalized spacial score (nSPS) is 12.5. The highest BCUT2D eigenvalue weighted by atomic mass is 32.2. The molecule has 0 aliphatic carbocycles. The first kappa shape index (κ1) is 24.1. The molecule has 0 N–H and O–H groups in total. The van der Waals surface area contributed by atoms with Gasteiger partial charge in [-0.1, -0.05) is 19.9 Å². The highest BCUT2D eigenvalue weighted by Crippen LogP contribution is 2.22. The first-order valence-electron chi connectivity index (χ1n) is 9.24. The molecule has 2 aromatic rings. The number of benzene rings is 1. The summed E-state index contributed by atoms with van der Waals surface area (Å²) in [7, 11) is -4.72. The maximum Gasteiger partial charge on any atom is 0.338 e. The largest absolute Gasteiger partial charge is 0.454 e. The molecule has 0 spiro atoms. The zero-order valence-corrected chi connectivity index (χ0v) is 19.2. The molecule has 0 saturated carbocycles. The van der Waals surface area contributed by atoms with Crippen molar-refractivity contribution in [2.24, 2.45) is 0 Å². The van der Waals surface area contributed by atoms with Gasteiger partial charge in [0.25, 0.3) is 10.0 Å². The first-order chi connectivity index (χ1) is 13.9. The lowest BCUT2D eigenvalue weighted by atomic mass is 10.1. The monoisotopic (exact) mass is 458 g/mol. The number of aryl methyl sites for hydroxylation is 1. The standard InChI is InChI=1S/C19H26N2O7S2/c1-6-21(7-2)29(23,24)17-12-15(9-8-14(17)3)19(22)27-13-16-10-11-18(28-16)30(25,26)20(4)5/h8-12H,6-7,13H2,1-5H3. The van der Waals surface area contributed by atoms with Crippen LogP contribution >= 0.6 is 0 Å². The van der Waals surface area contributed by atoms with Crippen LogP contribution in [0.5, 0.6) is 0 Å². The Balaban J connectivity index is 2.20. The second kappa shape index (κ2) is 9.29. The van der Waals surface area contributed by atoms with Gasteiger partial charge in [0, 0.05) is 27.2 Å². The molecule has 0 bridgehead atoms. The molecule has 30 heavy (non-hydrogen) atoms. The van der Waals surface area contributed by atoms with Crippen LogP contribution in [0.2, 0.25) is 0 Å². The molecule has 0 saturated heterocycles. The summed E-state index contributed by atoms with van der Waals surface area (Å²) in [5.41, 5.74) is 0.585. The summed E-state index contributed by atoms with van der Waals surface area (Å²) < 4.78 is 62.4. The van der Waals surface area contributed by atoms with Crippen LogP contribution in [-0.4, -0.2) is 58.6 Å². The van der Waals surface area contributed by atoms with Crippen molar-refractivity contribution in [3.63, 3.8) is 0 Å². The Morgan fingerprint density at radius 3 is 2.20 bits per heavy atom. The Labute approximate surface area is 177 Å². The minimum Gasteiger partial charge on any atom is -0.454 e. The predicted octanol–water partition coefficient (Wildman–Crippen LogP) is 2.23. The second-order valence-electron chi connectivity index (χ2n) is 6.65. The Bertz CT molecular complexity index is 1120. The smallest absolute Gasteiger partial charge is 0.338 e. The number of esters is 1. The number of carbonyl (C=O) groups excluding carboxylic acids is 1. The van der Waals surface area contributed by atoms with Crippen molar-refractivity contribution in [3.05, 3.63) is 47.2 Å². The van der Waals surface area contributed by atoms with Crippen molar-refractivity contribution in [2.75, 3.05) is 27.2 Å². The number of sulfonamides is 2. The lowest BCUT2D eigenvalue weighted by molar-refractivity contribution is 0.0440. The van der Waals surface area contributed by atoms with E-state index >= 15 is 0 Å². The van der Waals surface area contributed by atoms with E-state index in [0.29, 0.717) is 18.7 Å². The van der Waals surface area contributed by atoms with Gasteiger partial charge in [0.15, 0.2) is 0 Å². The number of rotatable bonds is 9. The van der Waals surface area contributed by atoms with E-state index in [4.69, 9.17) is 9.15 Å². The summed E-state index contributed by atoms with van der Waals surface area (Å²) >= 11 is 0. The van der Waals surface area contributed by atoms with Gasteiger partial charge in [0.2, 0.25) is 15.1 Å². The third kappa shape index (κ3) is 4.91. The van der Waals surface area contributed by atoms with Crippen molar-refractivity contribution < 1.29 is 30.8 Å². The van der Waals surface area contributed by atoms with Crippen LogP contribution in [0.4, 0.5) is 0 Å². The molecule has 1 aromatic heterocycles. The van der Waals surface area contributed by atoms with Crippen LogP contribution in [0.15, 0.2) is 44.7 Å². The summed E-state index contributed by atoms with van der Waals surface area (Å²) in [6.07, 6.45) is 0. The van der Waals surface area contributed by atoms with Gasteiger partial charge in [-0.05, 0) is 36.8 Å². The SMILES string of the molecule is CCN(CC)S(=O)(=O)c1cc(C(=O)OCc2ccc(S(=O)(=O)N(C)C)o2)ccc1C. The van der Waals surface area contributed by atoms with Crippen molar-refractivity contribution in [3.8, 4) is 0 Å². The van der Waals surface area contributed by atoms with Gasteiger partial charge in [-0.15, -0.1) is 0 Å². The first-order valence-corrected chi connectivity index (χ1v) is 12.1. The van der Waals surface area contributed by atoms with Crippen LogP contribution in [0.3, 0.4) is 0 Å². The highest BCUT2D eigenvalue weighted by molar-refractivity contribution is 7.89. The molecule has 0 unspecified atom stereocenters. The fourth-order valence-electron chi connectivity index (χ4n) is 2.68. The number of hydrogen-bond acceptors (Lipinski definition) is 7. The minimum atomic E-state index is -3.74. The average molecular weight is 459 g/mol. The molecular weight excluding hydrogens is 432 g/mol. The van der Waals surface area contributed by atoms with Gasteiger partial charge in [-0.25, -0.2) is 25.9 Å². The van der Waals surface area contributed by atoms with E-state index in [0.717, 1.165) is 4.31 Å². The molecule has 9 nitrogen and oxygen atoms in total. The summed E-state index contributed by atoms with van der Waals surface area (Å²) in [5, 5.41) is -0.263. The summed E-state index contributed by atoms with van der Waals surface area (Å²) in [6.45, 7) is 5.45. The number of furan rings is 1. The Morgan fingerprint density at radius 1 is 1.00 bits per heavy atom. The van der Waals surface area contributed by atoms with E-state index in [2.05, 4.69) is 0 Å². The molecule has 11 heteroatoms. The second-order valence-corrected chi connectivity index (χ2v) is 10.6. The molecule has 0 aliphatic heterocycles. The van der Waals surface area contributed by atoms with Gasteiger partial charge < -0.3 is 9.15 Å². The van der Waals surface area contributed by atoms with Gasteiger partial charge in [-0.3, -0.25) is 0 Å². The number of hydrogen-bond donors (Lipinski definition) is 0. The van der Waals surface area contributed by atoms with Crippen molar-refractivity contribution >= 4 is 26.0 Å². The minimum absolute atomic E-state index is 0.0398. The lowest BCUT2D eigenvalue weighted by Gasteiger charge is -2.20. The molecule has 0 aliphatic rings. The summed E-state index contributed by atoms with van der Waals surface area (Å²) in [4.78, 5) is 12.5. The molecule has 0 amide bonds. The molecule has 1 heterocycles. The van der Waals surface area contributed by atoms with Crippen LogP contribution in [0.25, 0.3) is 0 Å². The molecule has 0 fully saturated rings. The van der Waals surface area contributed by atoms with E-state index in [1.807, 2.05) is 0 Å². The number of carbonyl (C=O) groups is 1. The third-order valence-corrected chi connectivity index (χ3v) is 8.35. The van der Waals surface area contributed by atoms with Crippen LogP contribution in [0, 0.1) is 6.92 Å². The van der Waals surface area contributed by atoms with E-state index in [1.54, 1.807) is 26.8 Å². The quantitative estimate of drug-likeness (QED) is 0.529. The molecule has 166 valence electrons. The predicted molar refractivity (Wildman–Crippen MR) is 110 cm³/mol. The maximum atomic E-state index is 12.8. The van der Waals surface area contributed by atoms with Crippen LogP contribution in [-0.2, 0) is 31.4 Å².